The lowest BCUT2D eigenvalue weighted by Gasteiger charge is -2.16. The van der Waals surface area contributed by atoms with Crippen molar-refractivity contribution in [3.8, 4) is 5.69 Å². The van der Waals surface area contributed by atoms with Gasteiger partial charge in [-0.15, -0.1) is 0 Å². The second kappa shape index (κ2) is 6.60. The minimum Gasteiger partial charge on any atom is -0.391 e. The van der Waals surface area contributed by atoms with E-state index >= 15 is 0 Å². The van der Waals surface area contributed by atoms with Gasteiger partial charge in [-0.25, -0.2) is 13.9 Å². The lowest BCUT2D eigenvalue weighted by atomic mass is 10.2. The van der Waals surface area contributed by atoms with E-state index in [0.717, 1.165) is 22.6 Å². The minimum atomic E-state index is -0.430. The van der Waals surface area contributed by atoms with Crippen LogP contribution >= 0.6 is 0 Å². The molecule has 0 saturated carbocycles. The molecule has 24 heavy (non-hydrogen) atoms. The van der Waals surface area contributed by atoms with Crippen molar-refractivity contribution >= 4 is 6.03 Å². The van der Waals surface area contributed by atoms with E-state index in [1.807, 2.05) is 13.8 Å². The highest BCUT2D eigenvalue weighted by Gasteiger charge is 2.24. The molecule has 2 N–H and O–H groups in total. The van der Waals surface area contributed by atoms with Crippen LogP contribution in [0.3, 0.4) is 0 Å². The van der Waals surface area contributed by atoms with Gasteiger partial charge in [-0.2, -0.15) is 5.10 Å². The molecule has 1 aromatic carbocycles. The quantitative estimate of drug-likeness (QED) is 0.902. The maximum atomic E-state index is 13.1. The Morgan fingerprint density at radius 2 is 2.08 bits per heavy atom. The largest absolute Gasteiger partial charge is 0.391 e. The number of halogens is 1. The molecule has 0 unspecified atom stereocenters. The predicted molar refractivity (Wildman–Crippen MR) is 87.4 cm³/mol. The Morgan fingerprint density at radius 1 is 1.38 bits per heavy atom. The molecule has 1 aromatic heterocycles. The van der Waals surface area contributed by atoms with Gasteiger partial charge in [0.2, 0.25) is 0 Å². The van der Waals surface area contributed by atoms with E-state index in [-0.39, 0.29) is 11.8 Å². The monoisotopic (exact) mass is 332 g/mol. The fourth-order valence-corrected chi connectivity index (χ4v) is 2.97. The number of carbonyl (C=O) groups excluding carboxylic acids is 1. The molecular formula is C17H21FN4O2. The van der Waals surface area contributed by atoms with Gasteiger partial charge in [0.15, 0.2) is 0 Å². The van der Waals surface area contributed by atoms with E-state index in [9.17, 15) is 14.3 Å². The van der Waals surface area contributed by atoms with Crippen molar-refractivity contribution < 1.29 is 14.3 Å². The van der Waals surface area contributed by atoms with E-state index in [2.05, 4.69) is 10.4 Å². The number of nitrogens with zero attached hydrogens (tertiary/aromatic N) is 3. The number of likely N-dealkylation sites (tertiary alicyclic amines) is 1. The molecule has 1 aliphatic rings. The SMILES string of the molecule is Cc1nn(-c2ccc(F)cc2)c(C)c1CNC(=O)N1CC[C@@H](O)C1. The van der Waals surface area contributed by atoms with Crippen LogP contribution in [0.1, 0.15) is 23.4 Å². The van der Waals surface area contributed by atoms with Crippen LogP contribution in [-0.2, 0) is 6.54 Å². The number of hydrogen-bond acceptors (Lipinski definition) is 3. The molecule has 7 heteroatoms. The number of carbonyl (C=O) groups is 1. The lowest BCUT2D eigenvalue weighted by molar-refractivity contribution is 0.171. The molecule has 0 bridgehead atoms. The molecule has 3 rings (SSSR count). The third-order valence-electron chi connectivity index (χ3n) is 4.38. The highest BCUT2D eigenvalue weighted by molar-refractivity contribution is 5.74. The number of nitrogens with one attached hydrogen (secondary N) is 1. The topological polar surface area (TPSA) is 70.4 Å². The van der Waals surface area contributed by atoms with Gasteiger partial charge in [-0.05, 0) is 44.5 Å². The summed E-state index contributed by atoms with van der Waals surface area (Å²) in [7, 11) is 0. The van der Waals surface area contributed by atoms with E-state index in [4.69, 9.17) is 0 Å². The molecule has 2 heterocycles. The number of aromatic nitrogens is 2. The Balaban J connectivity index is 1.72. The lowest BCUT2D eigenvalue weighted by Crippen LogP contribution is -2.38. The number of hydrogen-bond donors (Lipinski definition) is 2. The summed E-state index contributed by atoms with van der Waals surface area (Å²) in [6, 6.07) is 5.95. The number of aliphatic hydroxyl groups excluding tert-OH is 1. The zero-order valence-corrected chi connectivity index (χ0v) is 13.8. The standard InChI is InChI=1S/C17H21FN4O2/c1-11-16(9-19-17(24)21-8-7-15(23)10-21)12(2)22(20-11)14-5-3-13(18)4-6-14/h3-6,15,23H,7-10H2,1-2H3,(H,19,24)/t15-/m1/s1. The first kappa shape index (κ1) is 16.4. The van der Waals surface area contributed by atoms with E-state index < -0.39 is 6.10 Å². The fourth-order valence-electron chi connectivity index (χ4n) is 2.97. The third kappa shape index (κ3) is 3.26. The second-order valence-corrected chi connectivity index (χ2v) is 6.08. The first-order valence-electron chi connectivity index (χ1n) is 7.97. The Bertz CT molecular complexity index is 742. The van der Waals surface area contributed by atoms with Crippen molar-refractivity contribution in [3.63, 3.8) is 0 Å². The average molecular weight is 332 g/mol. The van der Waals surface area contributed by atoms with Crippen LogP contribution in [0, 0.1) is 19.7 Å². The van der Waals surface area contributed by atoms with Crippen LogP contribution in [0.2, 0.25) is 0 Å². The first-order chi connectivity index (χ1) is 11.5. The third-order valence-corrected chi connectivity index (χ3v) is 4.38. The minimum absolute atomic E-state index is 0.181. The molecule has 1 fully saturated rings. The summed E-state index contributed by atoms with van der Waals surface area (Å²) in [5.41, 5.74) is 3.43. The van der Waals surface area contributed by atoms with Gasteiger partial charge in [0.1, 0.15) is 5.82 Å². The van der Waals surface area contributed by atoms with Gasteiger partial charge >= 0.3 is 6.03 Å². The van der Waals surface area contributed by atoms with E-state index in [1.54, 1.807) is 21.7 Å². The van der Waals surface area contributed by atoms with Crippen molar-refractivity contribution in [2.45, 2.75) is 32.9 Å². The van der Waals surface area contributed by atoms with Gasteiger partial charge in [-0.3, -0.25) is 0 Å². The van der Waals surface area contributed by atoms with Gasteiger partial charge in [0.25, 0.3) is 0 Å². The van der Waals surface area contributed by atoms with Crippen molar-refractivity contribution in [2.24, 2.45) is 0 Å². The maximum Gasteiger partial charge on any atom is 0.317 e. The van der Waals surface area contributed by atoms with Crippen molar-refractivity contribution in [1.29, 1.82) is 0 Å². The van der Waals surface area contributed by atoms with Gasteiger partial charge in [0, 0.05) is 30.9 Å². The van der Waals surface area contributed by atoms with Crippen molar-refractivity contribution in [1.82, 2.24) is 20.0 Å². The van der Waals surface area contributed by atoms with Crippen molar-refractivity contribution in [3.05, 3.63) is 47.0 Å². The molecular weight excluding hydrogens is 311 g/mol. The number of amides is 2. The predicted octanol–water partition coefficient (Wildman–Crippen LogP) is 1.90. The fraction of sp³-hybridized carbons (Fsp3) is 0.412. The molecule has 1 saturated heterocycles. The second-order valence-electron chi connectivity index (χ2n) is 6.08. The summed E-state index contributed by atoms with van der Waals surface area (Å²) in [6.45, 7) is 5.11. The zero-order chi connectivity index (χ0) is 17.3. The molecule has 1 atom stereocenters. The first-order valence-corrected chi connectivity index (χ1v) is 7.97. The number of benzene rings is 1. The molecule has 0 radical (unpaired) electrons. The molecule has 6 nitrogen and oxygen atoms in total. The number of aliphatic hydroxyl groups is 1. The van der Waals surface area contributed by atoms with Gasteiger partial charge in [0.05, 0.1) is 17.5 Å². The molecule has 0 spiro atoms. The summed E-state index contributed by atoms with van der Waals surface area (Å²) in [4.78, 5) is 13.7. The highest BCUT2D eigenvalue weighted by atomic mass is 19.1. The van der Waals surface area contributed by atoms with Crippen LogP contribution in [0.15, 0.2) is 24.3 Å². The Labute approximate surface area is 139 Å². The van der Waals surface area contributed by atoms with Crippen LogP contribution in [0.5, 0.6) is 0 Å². The Kier molecular flexibility index (Phi) is 4.53. The van der Waals surface area contributed by atoms with Crippen LogP contribution < -0.4 is 5.32 Å². The zero-order valence-electron chi connectivity index (χ0n) is 13.8. The Morgan fingerprint density at radius 3 is 2.71 bits per heavy atom. The maximum absolute atomic E-state index is 13.1. The van der Waals surface area contributed by atoms with Crippen LogP contribution in [0.4, 0.5) is 9.18 Å². The molecule has 2 amide bonds. The van der Waals surface area contributed by atoms with E-state index in [0.29, 0.717) is 26.1 Å². The summed E-state index contributed by atoms with van der Waals surface area (Å²) in [5, 5.41) is 16.9. The highest BCUT2D eigenvalue weighted by Crippen LogP contribution is 2.18. The summed E-state index contributed by atoms with van der Waals surface area (Å²) in [5.74, 6) is -0.291. The molecule has 128 valence electrons. The summed E-state index contributed by atoms with van der Waals surface area (Å²) < 4.78 is 14.8. The van der Waals surface area contributed by atoms with Gasteiger partial charge < -0.3 is 15.3 Å². The molecule has 0 aliphatic carbocycles. The van der Waals surface area contributed by atoms with E-state index in [1.165, 1.54) is 12.1 Å². The van der Waals surface area contributed by atoms with Gasteiger partial charge in [-0.1, -0.05) is 0 Å². The number of aryl methyl sites for hydroxylation is 1. The number of rotatable bonds is 3. The van der Waals surface area contributed by atoms with Crippen LogP contribution in [0.25, 0.3) is 5.69 Å². The molecule has 2 aromatic rings. The smallest absolute Gasteiger partial charge is 0.317 e. The summed E-state index contributed by atoms with van der Waals surface area (Å²) >= 11 is 0. The number of β-amino-alcohol motifs (C(OH)–C–C–N with tert-alkyl or cyclic N) is 1. The Hall–Kier alpha value is -2.41. The molecule has 1 aliphatic heterocycles. The number of urea groups is 1. The van der Waals surface area contributed by atoms with Crippen LogP contribution in [-0.4, -0.2) is 45.0 Å². The average Bonchev–Trinajstić information content (AvgIpc) is 3.10. The summed E-state index contributed by atoms with van der Waals surface area (Å²) in [6.07, 6.45) is 0.189. The van der Waals surface area contributed by atoms with Crippen molar-refractivity contribution in [2.75, 3.05) is 13.1 Å². The normalized spacial score (nSPS) is 17.3.